The highest BCUT2D eigenvalue weighted by molar-refractivity contribution is 7.80. The maximum absolute atomic E-state index is 11.1. The van der Waals surface area contributed by atoms with Gasteiger partial charge in [0.25, 0.3) is 0 Å². The summed E-state index contributed by atoms with van der Waals surface area (Å²) in [4.78, 5) is 14.8. The van der Waals surface area contributed by atoms with Gasteiger partial charge in [0.05, 0.1) is 0 Å². The van der Waals surface area contributed by atoms with Gasteiger partial charge in [-0.1, -0.05) is 6.42 Å². The van der Waals surface area contributed by atoms with E-state index >= 15 is 0 Å². The van der Waals surface area contributed by atoms with Gasteiger partial charge in [-0.25, -0.2) is 9.78 Å². The molecule has 1 aromatic rings. The number of aromatic nitrogens is 2. The van der Waals surface area contributed by atoms with Gasteiger partial charge in [-0.3, -0.25) is 4.57 Å². The van der Waals surface area contributed by atoms with Gasteiger partial charge < -0.3 is 0 Å². The zero-order chi connectivity index (χ0) is 9.52. The number of unbranched alkanes of at least 4 members (excludes halogenated alkanes) is 2. The summed E-state index contributed by atoms with van der Waals surface area (Å²) in [6.45, 7) is 0.764. The molecule has 1 aromatic heterocycles. The van der Waals surface area contributed by atoms with Crippen LogP contribution in [0.1, 0.15) is 19.3 Å². The number of hydrogen-bond donors (Lipinski definition) is 1. The Morgan fingerprint density at radius 3 is 2.92 bits per heavy atom. The third kappa shape index (κ3) is 3.63. The van der Waals surface area contributed by atoms with Gasteiger partial charge >= 0.3 is 5.69 Å². The second-order valence-corrected chi connectivity index (χ2v) is 3.33. The quantitative estimate of drug-likeness (QED) is 0.572. The molecule has 0 atom stereocenters. The Kier molecular flexibility index (Phi) is 4.60. The molecule has 0 aliphatic heterocycles. The van der Waals surface area contributed by atoms with Crippen LogP contribution in [0.4, 0.5) is 0 Å². The van der Waals surface area contributed by atoms with Gasteiger partial charge in [0.15, 0.2) is 0 Å². The first-order chi connectivity index (χ1) is 6.34. The summed E-state index contributed by atoms with van der Waals surface area (Å²) in [5, 5.41) is 0. The molecule has 0 N–H and O–H groups in total. The summed E-state index contributed by atoms with van der Waals surface area (Å²) in [6, 6.07) is 1.78. The molecule has 1 rings (SSSR count). The molecule has 3 nitrogen and oxygen atoms in total. The lowest BCUT2D eigenvalue weighted by atomic mass is 10.2. The van der Waals surface area contributed by atoms with E-state index in [2.05, 4.69) is 17.6 Å². The van der Waals surface area contributed by atoms with Gasteiger partial charge in [-0.15, -0.1) is 0 Å². The van der Waals surface area contributed by atoms with Crippen molar-refractivity contribution in [3.05, 3.63) is 28.9 Å². The first-order valence-electron chi connectivity index (χ1n) is 4.47. The third-order valence-corrected chi connectivity index (χ3v) is 2.16. The van der Waals surface area contributed by atoms with Crippen LogP contribution in [0.3, 0.4) is 0 Å². The Morgan fingerprint density at radius 2 is 2.23 bits per heavy atom. The van der Waals surface area contributed by atoms with Gasteiger partial charge in [-0.05, 0) is 24.7 Å². The smallest absolute Gasteiger partial charge is 0.299 e. The van der Waals surface area contributed by atoms with Crippen molar-refractivity contribution in [2.75, 3.05) is 5.75 Å². The summed E-state index contributed by atoms with van der Waals surface area (Å²) in [5.41, 5.74) is -0.159. The molecule has 0 radical (unpaired) electrons. The first-order valence-corrected chi connectivity index (χ1v) is 5.10. The lowest BCUT2D eigenvalue weighted by Gasteiger charge is -2.02. The number of aryl methyl sites for hydroxylation is 1. The Bertz CT molecular complexity index is 298. The minimum Gasteiger partial charge on any atom is -0.299 e. The van der Waals surface area contributed by atoms with Crippen molar-refractivity contribution in [1.29, 1.82) is 0 Å². The minimum atomic E-state index is -0.159. The molecule has 0 aliphatic rings. The molecule has 0 saturated carbocycles. The zero-order valence-corrected chi connectivity index (χ0v) is 8.41. The fraction of sp³-hybridized carbons (Fsp3) is 0.556. The monoisotopic (exact) mass is 198 g/mol. The minimum absolute atomic E-state index is 0.159. The highest BCUT2D eigenvalue weighted by atomic mass is 32.1. The zero-order valence-electron chi connectivity index (χ0n) is 7.52. The van der Waals surface area contributed by atoms with E-state index in [4.69, 9.17) is 0 Å². The van der Waals surface area contributed by atoms with Crippen LogP contribution < -0.4 is 5.69 Å². The van der Waals surface area contributed by atoms with E-state index in [1.54, 1.807) is 16.8 Å². The van der Waals surface area contributed by atoms with Gasteiger partial charge in [0.1, 0.15) is 0 Å². The second kappa shape index (κ2) is 5.80. The third-order valence-electron chi connectivity index (χ3n) is 1.84. The number of nitrogens with zero attached hydrogens (tertiary/aromatic N) is 2. The lowest BCUT2D eigenvalue weighted by Crippen LogP contribution is -2.21. The van der Waals surface area contributed by atoms with Crippen molar-refractivity contribution in [2.45, 2.75) is 25.8 Å². The highest BCUT2D eigenvalue weighted by Gasteiger charge is 1.93. The van der Waals surface area contributed by atoms with Crippen molar-refractivity contribution < 1.29 is 0 Å². The van der Waals surface area contributed by atoms with Gasteiger partial charge in [-0.2, -0.15) is 12.6 Å². The van der Waals surface area contributed by atoms with Crippen molar-refractivity contribution in [3.63, 3.8) is 0 Å². The van der Waals surface area contributed by atoms with Crippen LogP contribution in [-0.4, -0.2) is 15.3 Å². The summed E-state index contributed by atoms with van der Waals surface area (Å²) in [5.74, 6) is 0.919. The molecule has 0 unspecified atom stereocenters. The molecule has 4 heteroatoms. The SMILES string of the molecule is O=c1ncccn1CCCCCS. The van der Waals surface area contributed by atoms with E-state index in [1.807, 2.05) is 0 Å². The van der Waals surface area contributed by atoms with E-state index in [0.717, 1.165) is 31.6 Å². The Labute approximate surface area is 83.2 Å². The maximum atomic E-state index is 11.1. The molecular weight excluding hydrogens is 184 g/mol. The molecule has 13 heavy (non-hydrogen) atoms. The largest absolute Gasteiger partial charge is 0.347 e. The van der Waals surface area contributed by atoms with Gasteiger partial charge in [0.2, 0.25) is 0 Å². The Morgan fingerprint density at radius 1 is 1.38 bits per heavy atom. The Hall–Kier alpha value is -0.770. The summed E-state index contributed by atoms with van der Waals surface area (Å²) >= 11 is 4.12. The molecule has 0 aromatic carbocycles. The molecule has 0 bridgehead atoms. The predicted octanol–water partition coefficient (Wildman–Crippen LogP) is 1.34. The standard InChI is InChI=1S/C9H14N2OS/c12-9-10-5-4-7-11(9)6-2-1-3-8-13/h4-5,7,13H,1-3,6,8H2. The fourth-order valence-corrected chi connectivity index (χ4v) is 1.35. The van der Waals surface area contributed by atoms with Crippen LogP contribution in [0.15, 0.2) is 23.3 Å². The molecule has 0 spiro atoms. The predicted molar refractivity (Wildman–Crippen MR) is 56.2 cm³/mol. The average molecular weight is 198 g/mol. The van der Waals surface area contributed by atoms with Crippen LogP contribution in [0.5, 0.6) is 0 Å². The maximum Gasteiger partial charge on any atom is 0.347 e. The van der Waals surface area contributed by atoms with Crippen LogP contribution in [0.25, 0.3) is 0 Å². The molecule has 0 saturated heterocycles. The normalized spacial score (nSPS) is 10.2. The van der Waals surface area contributed by atoms with Crippen LogP contribution in [-0.2, 0) is 6.54 Å². The van der Waals surface area contributed by atoms with Crippen LogP contribution in [0.2, 0.25) is 0 Å². The van der Waals surface area contributed by atoms with E-state index in [0.29, 0.717) is 0 Å². The fourth-order valence-electron chi connectivity index (χ4n) is 1.13. The highest BCUT2D eigenvalue weighted by Crippen LogP contribution is 1.98. The summed E-state index contributed by atoms with van der Waals surface area (Å²) in [7, 11) is 0. The van der Waals surface area contributed by atoms with Crippen molar-refractivity contribution in [3.8, 4) is 0 Å². The number of rotatable bonds is 5. The van der Waals surface area contributed by atoms with E-state index in [9.17, 15) is 4.79 Å². The molecule has 0 amide bonds. The molecule has 0 aliphatic carbocycles. The Balaban J connectivity index is 2.37. The molecular formula is C9H14N2OS. The average Bonchev–Trinajstić information content (AvgIpc) is 2.15. The van der Waals surface area contributed by atoms with E-state index < -0.39 is 0 Å². The van der Waals surface area contributed by atoms with Crippen molar-refractivity contribution in [2.24, 2.45) is 0 Å². The number of thiol groups is 1. The number of hydrogen-bond acceptors (Lipinski definition) is 3. The molecule has 1 heterocycles. The second-order valence-electron chi connectivity index (χ2n) is 2.88. The van der Waals surface area contributed by atoms with Crippen molar-refractivity contribution in [1.82, 2.24) is 9.55 Å². The van der Waals surface area contributed by atoms with Crippen LogP contribution >= 0.6 is 12.6 Å². The molecule has 72 valence electrons. The first kappa shape index (κ1) is 10.3. The van der Waals surface area contributed by atoms with E-state index in [1.165, 1.54) is 6.20 Å². The summed E-state index contributed by atoms with van der Waals surface area (Å²) in [6.07, 6.45) is 6.54. The van der Waals surface area contributed by atoms with Crippen molar-refractivity contribution >= 4 is 12.6 Å². The van der Waals surface area contributed by atoms with Crippen LogP contribution in [0, 0.1) is 0 Å². The summed E-state index contributed by atoms with van der Waals surface area (Å²) < 4.78 is 1.64. The lowest BCUT2D eigenvalue weighted by molar-refractivity contribution is 0.578. The van der Waals surface area contributed by atoms with Gasteiger partial charge in [0, 0.05) is 18.9 Å². The molecule has 0 fully saturated rings. The topological polar surface area (TPSA) is 34.9 Å². The van der Waals surface area contributed by atoms with E-state index in [-0.39, 0.29) is 5.69 Å².